The Bertz CT molecular complexity index is 311. The molecule has 1 N–H and O–H groups in total. The Morgan fingerprint density at radius 1 is 1.50 bits per heavy atom. The second-order valence-corrected chi connectivity index (χ2v) is 5.58. The van der Waals surface area contributed by atoms with Crippen molar-refractivity contribution in [3.05, 3.63) is 0 Å². The van der Waals surface area contributed by atoms with Gasteiger partial charge in [-0.3, -0.25) is 10.1 Å². The van der Waals surface area contributed by atoms with Crippen LogP contribution in [-0.4, -0.2) is 45.1 Å². The summed E-state index contributed by atoms with van der Waals surface area (Å²) in [4.78, 5) is 11.2. The first kappa shape index (κ1) is 11.5. The van der Waals surface area contributed by atoms with Crippen LogP contribution in [0, 0.1) is 0 Å². The quantitative estimate of drug-likeness (QED) is 0.626. The van der Waals surface area contributed by atoms with Crippen molar-refractivity contribution in [1.82, 2.24) is 5.32 Å². The van der Waals surface area contributed by atoms with Crippen LogP contribution in [0.4, 0.5) is 0 Å². The van der Waals surface area contributed by atoms with Gasteiger partial charge in [0.1, 0.15) is 6.04 Å². The van der Waals surface area contributed by atoms with Crippen molar-refractivity contribution in [2.45, 2.75) is 25.4 Å². The van der Waals surface area contributed by atoms with E-state index in [1.165, 1.54) is 7.11 Å². The standard InChI is InChI=1S/C8H15NO4S/c1-3-6-4-14(11,12)5-7(9-6)8(10)13-2/h6-7,9H,3-5H2,1-2H3. The summed E-state index contributed by atoms with van der Waals surface area (Å²) in [5, 5.41) is 2.96. The fourth-order valence-corrected chi connectivity index (χ4v) is 3.34. The summed E-state index contributed by atoms with van der Waals surface area (Å²) in [6, 6.07) is -0.846. The van der Waals surface area contributed by atoms with Gasteiger partial charge in [-0.2, -0.15) is 0 Å². The number of carbonyl (C=O) groups is 1. The maximum Gasteiger partial charge on any atom is 0.323 e. The van der Waals surface area contributed by atoms with Crippen molar-refractivity contribution >= 4 is 15.8 Å². The topological polar surface area (TPSA) is 72.5 Å². The molecule has 1 aliphatic rings. The molecule has 82 valence electrons. The van der Waals surface area contributed by atoms with E-state index in [1.807, 2.05) is 6.92 Å². The van der Waals surface area contributed by atoms with Gasteiger partial charge in [0.05, 0.1) is 18.6 Å². The summed E-state index contributed by atoms with van der Waals surface area (Å²) in [6.45, 7) is 1.88. The fourth-order valence-electron chi connectivity index (χ4n) is 1.52. The third-order valence-electron chi connectivity index (χ3n) is 2.29. The normalized spacial score (nSPS) is 31.0. The minimum atomic E-state index is -3.11. The van der Waals surface area contributed by atoms with Gasteiger partial charge in [0.15, 0.2) is 9.84 Å². The van der Waals surface area contributed by atoms with Crippen molar-refractivity contribution in [1.29, 1.82) is 0 Å². The van der Waals surface area contributed by atoms with Crippen LogP contribution in [0.1, 0.15) is 13.3 Å². The van der Waals surface area contributed by atoms with E-state index in [0.717, 1.165) is 0 Å². The van der Waals surface area contributed by atoms with Gasteiger partial charge < -0.3 is 4.74 Å². The first-order valence-corrected chi connectivity index (χ1v) is 6.35. The van der Waals surface area contributed by atoms with E-state index in [-0.39, 0.29) is 17.5 Å². The SMILES string of the molecule is CCC1CS(=O)(=O)CC(C(=O)OC)N1. The van der Waals surface area contributed by atoms with E-state index in [9.17, 15) is 13.2 Å². The van der Waals surface area contributed by atoms with Crippen molar-refractivity contribution in [3.63, 3.8) is 0 Å². The molecule has 0 amide bonds. The summed E-state index contributed by atoms with van der Waals surface area (Å²) in [6.07, 6.45) is 0.687. The molecule has 14 heavy (non-hydrogen) atoms. The molecule has 0 aliphatic carbocycles. The highest BCUT2D eigenvalue weighted by molar-refractivity contribution is 7.91. The average molecular weight is 221 g/mol. The number of hydrogen-bond acceptors (Lipinski definition) is 5. The molecule has 0 aromatic heterocycles. The summed E-state index contributed by atoms with van der Waals surface area (Å²) in [7, 11) is -1.86. The van der Waals surface area contributed by atoms with Crippen LogP contribution in [-0.2, 0) is 19.4 Å². The third kappa shape index (κ3) is 2.68. The van der Waals surface area contributed by atoms with Crippen molar-refractivity contribution in [2.75, 3.05) is 18.6 Å². The molecule has 0 aromatic rings. The van der Waals surface area contributed by atoms with E-state index < -0.39 is 21.8 Å². The van der Waals surface area contributed by atoms with Crippen LogP contribution in [0.25, 0.3) is 0 Å². The Labute approximate surface area is 83.7 Å². The number of methoxy groups -OCH3 is 1. The van der Waals surface area contributed by atoms with E-state index in [0.29, 0.717) is 6.42 Å². The van der Waals surface area contributed by atoms with Gasteiger partial charge in [-0.1, -0.05) is 6.92 Å². The largest absolute Gasteiger partial charge is 0.468 e. The zero-order valence-corrected chi connectivity index (χ0v) is 9.13. The molecule has 1 heterocycles. The summed E-state index contributed by atoms with van der Waals surface area (Å²) in [5.41, 5.74) is 0. The van der Waals surface area contributed by atoms with Gasteiger partial charge in [0.25, 0.3) is 0 Å². The molecule has 5 nitrogen and oxygen atoms in total. The highest BCUT2D eigenvalue weighted by atomic mass is 32.2. The van der Waals surface area contributed by atoms with E-state index >= 15 is 0 Å². The highest BCUT2D eigenvalue weighted by Gasteiger charge is 2.34. The summed E-state index contributed by atoms with van der Waals surface area (Å²) in [5.74, 6) is -0.556. The molecule has 0 bridgehead atoms. The Morgan fingerprint density at radius 3 is 2.64 bits per heavy atom. The Morgan fingerprint density at radius 2 is 2.14 bits per heavy atom. The van der Waals surface area contributed by atoms with Crippen molar-refractivity contribution < 1.29 is 17.9 Å². The first-order valence-electron chi connectivity index (χ1n) is 4.53. The second kappa shape index (κ2) is 4.27. The van der Waals surface area contributed by atoms with Gasteiger partial charge in [-0.05, 0) is 6.42 Å². The number of hydrogen-bond donors (Lipinski definition) is 1. The van der Waals surface area contributed by atoms with Crippen LogP contribution < -0.4 is 5.32 Å². The van der Waals surface area contributed by atoms with E-state index in [1.54, 1.807) is 0 Å². The lowest BCUT2D eigenvalue weighted by atomic mass is 10.2. The van der Waals surface area contributed by atoms with Gasteiger partial charge in [-0.15, -0.1) is 0 Å². The molecule has 0 aromatic carbocycles. The van der Waals surface area contributed by atoms with Crippen molar-refractivity contribution in [3.8, 4) is 0 Å². The van der Waals surface area contributed by atoms with Crippen LogP contribution >= 0.6 is 0 Å². The Kier molecular flexibility index (Phi) is 3.49. The zero-order chi connectivity index (χ0) is 10.8. The minimum absolute atomic E-state index is 0.108. The highest BCUT2D eigenvalue weighted by Crippen LogP contribution is 2.10. The van der Waals surface area contributed by atoms with Crippen LogP contribution in [0.5, 0.6) is 0 Å². The van der Waals surface area contributed by atoms with Crippen LogP contribution in [0.15, 0.2) is 0 Å². The number of nitrogens with one attached hydrogen (secondary N) is 1. The van der Waals surface area contributed by atoms with Gasteiger partial charge in [0.2, 0.25) is 0 Å². The predicted molar refractivity (Wildman–Crippen MR) is 51.7 cm³/mol. The van der Waals surface area contributed by atoms with Crippen LogP contribution in [0.2, 0.25) is 0 Å². The summed E-state index contributed by atoms with van der Waals surface area (Å²) >= 11 is 0. The predicted octanol–water partition coefficient (Wildman–Crippen LogP) is -0.675. The minimum Gasteiger partial charge on any atom is -0.468 e. The molecule has 0 saturated carbocycles. The molecule has 2 unspecified atom stereocenters. The Hall–Kier alpha value is -0.620. The van der Waals surface area contributed by atoms with Gasteiger partial charge in [0, 0.05) is 6.04 Å². The lowest BCUT2D eigenvalue weighted by Crippen LogP contribution is -2.55. The molecule has 0 spiro atoms. The number of ether oxygens (including phenoxy) is 1. The van der Waals surface area contributed by atoms with Gasteiger partial charge >= 0.3 is 5.97 Å². The average Bonchev–Trinajstić information content (AvgIpc) is 2.14. The lowest BCUT2D eigenvalue weighted by Gasteiger charge is -2.28. The van der Waals surface area contributed by atoms with E-state index in [2.05, 4.69) is 10.1 Å². The first-order chi connectivity index (χ1) is 6.48. The van der Waals surface area contributed by atoms with Gasteiger partial charge in [-0.25, -0.2) is 8.42 Å². The summed E-state index contributed by atoms with van der Waals surface area (Å²) < 4.78 is 27.3. The molecule has 1 fully saturated rings. The van der Waals surface area contributed by atoms with E-state index in [4.69, 9.17) is 0 Å². The molecule has 1 aliphatic heterocycles. The smallest absolute Gasteiger partial charge is 0.323 e. The maximum atomic E-state index is 11.4. The Balaban J connectivity index is 2.76. The molecule has 0 radical (unpaired) electrons. The lowest BCUT2D eigenvalue weighted by molar-refractivity contribution is -0.142. The monoisotopic (exact) mass is 221 g/mol. The van der Waals surface area contributed by atoms with Crippen molar-refractivity contribution in [2.24, 2.45) is 0 Å². The molecule has 2 atom stereocenters. The third-order valence-corrected chi connectivity index (χ3v) is 4.04. The molecular formula is C8H15NO4S. The van der Waals surface area contributed by atoms with Crippen LogP contribution in [0.3, 0.4) is 0 Å². The number of esters is 1. The number of sulfone groups is 1. The molecular weight excluding hydrogens is 206 g/mol. The zero-order valence-electron chi connectivity index (χ0n) is 8.32. The fraction of sp³-hybridized carbons (Fsp3) is 0.875. The molecule has 1 rings (SSSR count). The number of carbonyl (C=O) groups excluding carboxylic acids is 1. The maximum absolute atomic E-state index is 11.4. The molecule has 6 heteroatoms. The second-order valence-electron chi connectivity index (χ2n) is 3.42. The molecule has 1 saturated heterocycles. The number of rotatable bonds is 2.